The van der Waals surface area contributed by atoms with Gasteiger partial charge >= 0.3 is 0 Å². The van der Waals surface area contributed by atoms with Crippen LogP contribution in [0.3, 0.4) is 0 Å². The van der Waals surface area contributed by atoms with Crippen molar-refractivity contribution in [3.63, 3.8) is 0 Å². The Kier molecular flexibility index (Phi) is 3.60. The van der Waals surface area contributed by atoms with E-state index in [4.69, 9.17) is 5.84 Å². The zero-order valence-corrected chi connectivity index (χ0v) is 12.2. The molecule has 2 nitrogen and oxygen atoms in total. The minimum Gasteiger partial charge on any atom is -0.271 e. The molecule has 1 aliphatic rings. The van der Waals surface area contributed by atoms with Crippen molar-refractivity contribution in [2.24, 2.45) is 5.84 Å². The summed E-state index contributed by atoms with van der Waals surface area (Å²) in [5.74, 6) is 6.38. The van der Waals surface area contributed by atoms with Crippen LogP contribution in [0.25, 0.3) is 0 Å². The van der Waals surface area contributed by atoms with Gasteiger partial charge in [0, 0.05) is 12.0 Å². The van der Waals surface area contributed by atoms with Crippen molar-refractivity contribution in [2.45, 2.75) is 38.6 Å². The Morgan fingerprint density at radius 1 is 1.10 bits per heavy atom. The molecule has 104 valence electrons. The van der Waals surface area contributed by atoms with E-state index in [-0.39, 0.29) is 0 Å². The highest BCUT2D eigenvalue weighted by Gasteiger charge is 2.32. The zero-order valence-electron chi connectivity index (χ0n) is 12.2. The molecule has 2 aromatic rings. The lowest BCUT2D eigenvalue weighted by atomic mass is 9.72. The van der Waals surface area contributed by atoms with Gasteiger partial charge in [0.25, 0.3) is 0 Å². The van der Waals surface area contributed by atoms with Gasteiger partial charge in [-0.1, -0.05) is 42.5 Å². The summed E-state index contributed by atoms with van der Waals surface area (Å²) in [6, 6.07) is 15.5. The molecule has 0 bridgehead atoms. The average molecular weight is 266 g/mol. The van der Waals surface area contributed by atoms with Crippen LogP contribution in [0.4, 0.5) is 0 Å². The van der Waals surface area contributed by atoms with E-state index in [1.807, 2.05) is 0 Å². The summed E-state index contributed by atoms with van der Waals surface area (Å²) in [5, 5.41) is 0. The Bertz CT molecular complexity index is 598. The number of hydrogen-bond donors (Lipinski definition) is 2. The van der Waals surface area contributed by atoms with E-state index in [1.54, 1.807) is 0 Å². The van der Waals surface area contributed by atoms with Gasteiger partial charge in [-0.25, -0.2) is 0 Å². The lowest BCUT2D eigenvalue weighted by Gasteiger charge is -2.36. The highest BCUT2D eigenvalue weighted by molar-refractivity contribution is 5.42. The van der Waals surface area contributed by atoms with Crippen molar-refractivity contribution < 1.29 is 0 Å². The van der Waals surface area contributed by atoms with Gasteiger partial charge in [-0.3, -0.25) is 11.3 Å². The molecule has 2 aromatic carbocycles. The summed E-state index contributed by atoms with van der Waals surface area (Å²) < 4.78 is 0. The molecule has 20 heavy (non-hydrogen) atoms. The Morgan fingerprint density at radius 3 is 2.45 bits per heavy atom. The number of nitrogens with one attached hydrogen (secondary N) is 1. The molecule has 3 rings (SSSR count). The van der Waals surface area contributed by atoms with E-state index in [0.29, 0.717) is 12.0 Å². The predicted octanol–water partition coefficient (Wildman–Crippen LogP) is 3.02. The van der Waals surface area contributed by atoms with E-state index < -0.39 is 0 Å². The molecule has 3 N–H and O–H groups in total. The third kappa shape index (κ3) is 2.26. The molecule has 2 atom stereocenters. The van der Waals surface area contributed by atoms with Crippen LogP contribution >= 0.6 is 0 Å². The Balaban J connectivity index is 1.83. The monoisotopic (exact) mass is 266 g/mol. The van der Waals surface area contributed by atoms with Crippen molar-refractivity contribution in [3.8, 4) is 0 Å². The number of hydrazine groups is 1. The number of aryl methyl sites for hydroxylation is 2. The summed E-state index contributed by atoms with van der Waals surface area (Å²) >= 11 is 0. The molecular formula is C18H22N2. The van der Waals surface area contributed by atoms with Gasteiger partial charge in [0.15, 0.2) is 0 Å². The molecule has 1 aliphatic carbocycles. The molecule has 0 fully saturated rings. The molecular weight excluding hydrogens is 244 g/mol. The van der Waals surface area contributed by atoms with Crippen LogP contribution in [0.2, 0.25) is 0 Å². The second-order valence-corrected chi connectivity index (χ2v) is 5.86. The first-order chi connectivity index (χ1) is 9.70. The van der Waals surface area contributed by atoms with Gasteiger partial charge in [0.05, 0.1) is 0 Å². The maximum Gasteiger partial charge on any atom is 0.0323 e. The molecule has 0 heterocycles. The van der Waals surface area contributed by atoms with Gasteiger partial charge in [0.2, 0.25) is 0 Å². The molecule has 0 saturated carbocycles. The minimum atomic E-state index is 0.310. The Labute approximate surface area is 121 Å². The summed E-state index contributed by atoms with van der Waals surface area (Å²) in [4.78, 5) is 0. The fourth-order valence-corrected chi connectivity index (χ4v) is 3.36. The maximum atomic E-state index is 5.84. The minimum absolute atomic E-state index is 0.310. The van der Waals surface area contributed by atoms with E-state index in [1.165, 1.54) is 27.8 Å². The Morgan fingerprint density at radius 2 is 1.80 bits per heavy atom. The lowest BCUT2D eigenvalue weighted by Crippen LogP contribution is -2.45. The second-order valence-electron chi connectivity index (χ2n) is 5.86. The smallest absolute Gasteiger partial charge is 0.0323 e. The molecule has 0 aromatic heterocycles. The van der Waals surface area contributed by atoms with Crippen LogP contribution in [0.5, 0.6) is 0 Å². The van der Waals surface area contributed by atoms with Crippen molar-refractivity contribution in [2.75, 3.05) is 0 Å². The SMILES string of the molecule is Cc1cccc(C)c1CC(NN)C1Cc2ccccc21. The van der Waals surface area contributed by atoms with Crippen molar-refractivity contribution in [1.29, 1.82) is 0 Å². The van der Waals surface area contributed by atoms with E-state index in [9.17, 15) is 0 Å². The molecule has 0 radical (unpaired) electrons. The van der Waals surface area contributed by atoms with E-state index in [0.717, 1.165) is 12.8 Å². The van der Waals surface area contributed by atoms with Crippen LogP contribution in [-0.2, 0) is 12.8 Å². The van der Waals surface area contributed by atoms with E-state index in [2.05, 4.69) is 61.7 Å². The highest BCUT2D eigenvalue weighted by atomic mass is 15.2. The largest absolute Gasteiger partial charge is 0.271 e. The first-order valence-corrected chi connectivity index (χ1v) is 7.29. The summed E-state index contributed by atoms with van der Waals surface area (Å²) in [6.07, 6.45) is 2.13. The van der Waals surface area contributed by atoms with Crippen LogP contribution < -0.4 is 11.3 Å². The number of benzene rings is 2. The predicted molar refractivity (Wildman–Crippen MR) is 83.6 cm³/mol. The molecule has 0 saturated heterocycles. The molecule has 0 spiro atoms. The summed E-state index contributed by atoms with van der Waals surface area (Å²) in [6.45, 7) is 4.37. The molecule has 2 unspecified atom stereocenters. The number of nitrogens with two attached hydrogens (primary N) is 1. The normalized spacial score (nSPS) is 18.2. The van der Waals surface area contributed by atoms with E-state index >= 15 is 0 Å². The van der Waals surface area contributed by atoms with Gasteiger partial charge in [0.1, 0.15) is 0 Å². The quantitative estimate of drug-likeness (QED) is 0.659. The first kappa shape index (κ1) is 13.3. The molecule has 0 aliphatic heterocycles. The zero-order chi connectivity index (χ0) is 14.1. The van der Waals surface area contributed by atoms with Gasteiger partial charge in [-0.2, -0.15) is 0 Å². The number of rotatable bonds is 4. The van der Waals surface area contributed by atoms with Crippen molar-refractivity contribution in [1.82, 2.24) is 5.43 Å². The number of fused-ring (bicyclic) bond motifs is 1. The summed E-state index contributed by atoms with van der Waals surface area (Å²) in [7, 11) is 0. The fraction of sp³-hybridized carbons (Fsp3) is 0.333. The molecule has 2 heteroatoms. The number of hydrogen-bond acceptors (Lipinski definition) is 2. The highest BCUT2D eigenvalue weighted by Crippen LogP contribution is 2.38. The van der Waals surface area contributed by atoms with Gasteiger partial charge in [-0.05, 0) is 54.5 Å². The standard InChI is InChI=1S/C18H22N2/c1-12-6-5-7-13(2)16(12)11-18(20-19)17-10-14-8-3-4-9-15(14)17/h3-9,17-18,20H,10-11,19H2,1-2H3. The second kappa shape index (κ2) is 5.39. The average Bonchev–Trinajstić information content (AvgIpc) is 2.42. The Hall–Kier alpha value is -1.64. The van der Waals surface area contributed by atoms with Gasteiger partial charge < -0.3 is 0 Å². The maximum absolute atomic E-state index is 5.84. The third-order valence-electron chi connectivity index (χ3n) is 4.66. The fourth-order valence-electron chi connectivity index (χ4n) is 3.36. The topological polar surface area (TPSA) is 38.0 Å². The third-order valence-corrected chi connectivity index (χ3v) is 4.66. The van der Waals surface area contributed by atoms with Crippen LogP contribution in [0.15, 0.2) is 42.5 Å². The summed E-state index contributed by atoms with van der Waals surface area (Å²) in [5.41, 5.74) is 10.1. The van der Waals surface area contributed by atoms with Crippen LogP contribution in [0, 0.1) is 13.8 Å². The van der Waals surface area contributed by atoms with Gasteiger partial charge in [-0.15, -0.1) is 0 Å². The van der Waals surface area contributed by atoms with Crippen LogP contribution in [-0.4, -0.2) is 6.04 Å². The molecule has 0 amide bonds. The lowest BCUT2D eigenvalue weighted by molar-refractivity contribution is 0.403. The first-order valence-electron chi connectivity index (χ1n) is 7.29. The van der Waals surface area contributed by atoms with Crippen molar-refractivity contribution >= 4 is 0 Å². The van der Waals surface area contributed by atoms with Crippen molar-refractivity contribution in [3.05, 3.63) is 70.3 Å². The van der Waals surface area contributed by atoms with Crippen LogP contribution in [0.1, 0.15) is 33.7 Å².